The summed E-state index contributed by atoms with van der Waals surface area (Å²) in [4.78, 5) is 15.4. The second-order valence-corrected chi connectivity index (χ2v) is 4.73. The van der Waals surface area contributed by atoms with Crippen LogP contribution in [0.4, 0.5) is 4.39 Å². The highest BCUT2D eigenvalue weighted by atomic mass is 19.1. The molecule has 1 heterocycles. The molecule has 1 aromatic heterocycles. The Kier molecular flexibility index (Phi) is 3.71. The van der Waals surface area contributed by atoms with E-state index in [1.807, 2.05) is 0 Å². The van der Waals surface area contributed by atoms with Crippen LogP contribution in [0, 0.1) is 17.7 Å². The van der Waals surface area contributed by atoms with Crippen LogP contribution in [0.15, 0.2) is 18.5 Å². The van der Waals surface area contributed by atoms with Crippen molar-refractivity contribution in [3.8, 4) is 0 Å². The van der Waals surface area contributed by atoms with E-state index in [9.17, 15) is 9.18 Å². The quantitative estimate of drug-likeness (QED) is 0.875. The van der Waals surface area contributed by atoms with Gasteiger partial charge in [-0.15, -0.1) is 0 Å². The molecule has 1 fully saturated rings. The molecule has 1 amide bonds. The first-order valence-corrected chi connectivity index (χ1v) is 6.06. The third-order valence-electron chi connectivity index (χ3n) is 3.58. The maximum absolute atomic E-state index is 13.3. The summed E-state index contributed by atoms with van der Waals surface area (Å²) >= 11 is 0. The highest BCUT2D eigenvalue weighted by Gasteiger charge is 2.24. The van der Waals surface area contributed by atoms with Gasteiger partial charge in [-0.3, -0.25) is 9.78 Å². The highest BCUT2D eigenvalue weighted by Crippen LogP contribution is 2.30. The van der Waals surface area contributed by atoms with Gasteiger partial charge in [-0.25, -0.2) is 4.39 Å². The molecule has 1 N–H and O–H groups in total. The molecule has 1 aliphatic rings. The van der Waals surface area contributed by atoms with Gasteiger partial charge >= 0.3 is 0 Å². The van der Waals surface area contributed by atoms with Crippen molar-refractivity contribution in [2.24, 2.45) is 11.8 Å². The van der Waals surface area contributed by atoms with Gasteiger partial charge in [0.2, 0.25) is 0 Å². The Morgan fingerprint density at radius 1 is 1.59 bits per heavy atom. The number of halogens is 1. The Labute approximate surface area is 100 Å². The lowest BCUT2D eigenvalue weighted by molar-refractivity contribution is 0.0940. The van der Waals surface area contributed by atoms with E-state index >= 15 is 0 Å². The summed E-state index contributed by atoms with van der Waals surface area (Å²) in [5.74, 6) is 0.273. The lowest BCUT2D eigenvalue weighted by Gasteiger charge is -2.15. The molecule has 4 heteroatoms. The van der Waals surface area contributed by atoms with Crippen LogP contribution in [0.1, 0.15) is 36.5 Å². The molecule has 3 nitrogen and oxygen atoms in total. The van der Waals surface area contributed by atoms with Crippen molar-refractivity contribution >= 4 is 5.91 Å². The number of pyridine rings is 1. The molecule has 0 bridgehead atoms. The predicted octanol–water partition coefficient (Wildman–Crippen LogP) is 2.39. The summed E-state index contributed by atoms with van der Waals surface area (Å²) in [7, 11) is 0. The Bertz CT molecular complexity index is 408. The number of carbonyl (C=O) groups excluding carboxylic acids is 1. The first-order valence-electron chi connectivity index (χ1n) is 6.06. The lowest BCUT2D eigenvalue weighted by Crippen LogP contribution is -2.30. The van der Waals surface area contributed by atoms with Crippen molar-refractivity contribution in [3.05, 3.63) is 29.8 Å². The van der Waals surface area contributed by atoms with Crippen molar-refractivity contribution in [2.75, 3.05) is 6.54 Å². The van der Waals surface area contributed by atoms with Crippen molar-refractivity contribution in [1.82, 2.24) is 10.3 Å². The third kappa shape index (κ3) is 2.81. The Morgan fingerprint density at radius 3 is 3.06 bits per heavy atom. The maximum atomic E-state index is 13.3. The van der Waals surface area contributed by atoms with E-state index in [2.05, 4.69) is 17.2 Å². The zero-order chi connectivity index (χ0) is 12.3. The van der Waals surface area contributed by atoms with E-state index in [1.165, 1.54) is 25.1 Å². The molecule has 2 rings (SSSR count). The minimum Gasteiger partial charge on any atom is -0.352 e. The standard InChI is InChI=1S/C13H17FN2O/c1-9-3-2-4-10(9)7-16-13(17)11-5-6-15-8-12(11)14/h5-6,8-10H,2-4,7H2,1H3,(H,16,17). The molecule has 1 aliphatic carbocycles. The molecular weight excluding hydrogens is 219 g/mol. The van der Waals surface area contributed by atoms with E-state index in [-0.39, 0.29) is 11.5 Å². The molecule has 0 saturated heterocycles. The average molecular weight is 236 g/mol. The van der Waals surface area contributed by atoms with E-state index in [0.29, 0.717) is 18.4 Å². The third-order valence-corrected chi connectivity index (χ3v) is 3.58. The summed E-state index contributed by atoms with van der Waals surface area (Å²) in [5.41, 5.74) is 0.0747. The Hall–Kier alpha value is -1.45. The molecule has 92 valence electrons. The molecule has 2 unspecified atom stereocenters. The number of nitrogens with one attached hydrogen (secondary N) is 1. The lowest BCUT2D eigenvalue weighted by atomic mass is 9.98. The zero-order valence-corrected chi connectivity index (χ0v) is 9.95. The fraction of sp³-hybridized carbons (Fsp3) is 0.538. The summed E-state index contributed by atoms with van der Waals surface area (Å²) in [6, 6.07) is 1.41. The number of aromatic nitrogens is 1. The minimum absolute atomic E-state index is 0.0747. The average Bonchev–Trinajstić information content (AvgIpc) is 2.72. The largest absolute Gasteiger partial charge is 0.352 e. The molecular formula is C13H17FN2O. The van der Waals surface area contributed by atoms with Crippen molar-refractivity contribution in [2.45, 2.75) is 26.2 Å². The van der Waals surface area contributed by atoms with Gasteiger partial charge in [-0.2, -0.15) is 0 Å². The predicted molar refractivity (Wildman–Crippen MR) is 63.0 cm³/mol. The normalized spacial score (nSPS) is 23.6. The van der Waals surface area contributed by atoms with Gasteiger partial charge in [0.25, 0.3) is 5.91 Å². The maximum Gasteiger partial charge on any atom is 0.254 e. The van der Waals surface area contributed by atoms with E-state index in [1.54, 1.807) is 0 Å². The second kappa shape index (κ2) is 5.25. The van der Waals surface area contributed by atoms with Crippen molar-refractivity contribution in [1.29, 1.82) is 0 Å². The molecule has 0 radical (unpaired) electrons. The van der Waals surface area contributed by atoms with Crippen LogP contribution in [0.3, 0.4) is 0 Å². The summed E-state index contributed by atoms with van der Waals surface area (Å²) in [6.07, 6.45) is 6.10. The molecule has 1 aromatic rings. The zero-order valence-electron chi connectivity index (χ0n) is 9.95. The van der Waals surface area contributed by atoms with Gasteiger partial charge in [-0.05, 0) is 24.3 Å². The number of carbonyl (C=O) groups is 1. The summed E-state index contributed by atoms with van der Waals surface area (Å²) in [5, 5.41) is 2.81. The van der Waals surface area contributed by atoms with E-state index in [0.717, 1.165) is 12.6 Å². The molecule has 1 saturated carbocycles. The van der Waals surface area contributed by atoms with Crippen molar-refractivity contribution < 1.29 is 9.18 Å². The monoisotopic (exact) mass is 236 g/mol. The first-order chi connectivity index (χ1) is 8.18. The molecule has 0 aromatic carbocycles. The van der Waals surface area contributed by atoms with Crippen LogP contribution >= 0.6 is 0 Å². The summed E-state index contributed by atoms with van der Waals surface area (Å²) in [6.45, 7) is 2.85. The van der Waals surface area contributed by atoms with E-state index in [4.69, 9.17) is 0 Å². The number of rotatable bonds is 3. The van der Waals surface area contributed by atoms with E-state index < -0.39 is 5.82 Å². The van der Waals surface area contributed by atoms with Crippen LogP contribution in [0.5, 0.6) is 0 Å². The number of amides is 1. The molecule has 2 atom stereocenters. The first kappa shape index (κ1) is 12.0. The molecule has 0 spiro atoms. The van der Waals surface area contributed by atoms with Gasteiger partial charge in [0.1, 0.15) is 0 Å². The van der Waals surface area contributed by atoms with Gasteiger partial charge in [0.15, 0.2) is 5.82 Å². The van der Waals surface area contributed by atoms with Crippen LogP contribution in [-0.4, -0.2) is 17.4 Å². The van der Waals surface area contributed by atoms with Gasteiger partial charge < -0.3 is 5.32 Å². The fourth-order valence-electron chi connectivity index (χ4n) is 2.40. The minimum atomic E-state index is -0.565. The SMILES string of the molecule is CC1CCCC1CNC(=O)c1ccncc1F. The smallest absolute Gasteiger partial charge is 0.254 e. The van der Waals surface area contributed by atoms with Crippen LogP contribution in [0.25, 0.3) is 0 Å². The number of hydrogen-bond acceptors (Lipinski definition) is 2. The highest BCUT2D eigenvalue weighted by molar-refractivity contribution is 5.94. The fourth-order valence-corrected chi connectivity index (χ4v) is 2.40. The van der Waals surface area contributed by atoms with Gasteiger partial charge in [0.05, 0.1) is 11.8 Å². The number of nitrogens with zero attached hydrogens (tertiary/aromatic N) is 1. The van der Waals surface area contributed by atoms with Gasteiger partial charge in [-0.1, -0.05) is 19.8 Å². The Balaban J connectivity index is 1.91. The van der Waals surface area contributed by atoms with Crippen molar-refractivity contribution in [3.63, 3.8) is 0 Å². The van der Waals surface area contributed by atoms with Crippen LogP contribution in [0.2, 0.25) is 0 Å². The Morgan fingerprint density at radius 2 is 2.41 bits per heavy atom. The van der Waals surface area contributed by atoms with Crippen LogP contribution < -0.4 is 5.32 Å². The van der Waals surface area contributed by atoms with Crippen LogP contribution in [-0.2, 0) is 0 Å². The summed E-state index contributed by atoms with van der Waals surface area (Å²) < 4.78 is 13.3. The number of hydrogen-bond donors (Lipinski definition) is 1. The topological polar surface area (TPSA) is 42.0 Å². The van der Waals surface area contributed by atoms with Gasteiger partial charge in [0, 0.05) is 12.7 Å². The second-order valence-electron chi connectivity index (χ2n) is 4.73. The molecule has 17 heavy (non-hydrogen) atoms. The molecule has 0 aliphatic heterocycles.